The Balaban J connectivity index is 1.96. The fourth-order valence-corrected chi connectivity index (χ4v) is 3.50. The summed E-state index contributed by atoms with van der Waals surface area (Å²) < 4.78 is 1.07. The van der Waals surface area contributed by atoms with Crippen LogP contribution in [-0.4, -0.2) is 5.11 Å². The van der Waals surface area contributed by atoms with Gasteiger partial charge in [0, 0.05) is 4.47 Å². The van der Waals surface area contributed by atoms with Gasteiger partial charge in [-0.05, 0) is 60.6 Å². The highest BCUT2D eigenvalue weighted by atomic mass is 79.9. The van der Waals surface area contributed by atoms with Crippen LogP contribution < -0.4 is 0 Å². The second-order valence-corrected chi connectivity index (χ2v) is 7.89. The van der Waals surface area contributed by atoms with E-state index in [0.29, 0.717) is 11.3 Å². The molecule has 2 heteroatoms. The van der Waals surface area contributed by atoms with Crippen LogP contribution >= 0.6 is 15.9 Å². The largest absolute Gasteiger partial charge is 0.388 e. The SMILES string of the molecule is CC(C)(C)C1CCC(C(O)c2ccc(Br)cc2)CC1. The Hall–Kier alpha value is -0.340. The van der Waals surface area contributed by atoms with Gasteiger partial charge in [0.2, 0.25) is 0 Å². The molecule has 1 aromatic rings. The van der Waals surface area contributed by atoms with E-state index < -0.39 is 0 Å². The van der Waals surface area contributed by atoms with E-state index in [1.807, 2.05) is 24.3 Å². The van der Waals surface area contributed by atoms with Gasteiger partial charge in [-0.3, -0.25) is 0 Å². The van der Waals surface area contributed by atoms with Gasteiger partial charge in [-0.25, -0.2) is 0 Å². The molecule has 1 unspecified atom stereocenters. The number of benzene rings is 1. The van der Waals surface area contributed by atoms with E-state index in [-0.39, 0.29) is 6.10 Å². The molecule has 19 heavy (non-hydrogen) atoms. The molecule has 0 aromatic heterocycles. The monoisotopic (exact) mass is 324 g/mol. The molecule has 1 aliphatic carbocycles. The molecule has 0 radical (unpaired) electrons. The zero-order valence-electron chi connectivity index (χ0n) is 12.2. The molecule has 1 atom stereocenters. The lowest BCUT2D eigenvalue weighted by Gasteiger charge is -2.38. The van der Waals surface area contributed by atoms with E-state index in [0.717, 1.165) is 28.8 Å². The molecule has 1 nitrogen and oxygen atoms in total. The zero-order valence-corrected chi connectivity index (χ0v) is 13.8. The van der Waals surface area contributed by atoms with Crippen LogP contribution in [0.3, 0.4) is 0 Å². The van der Waals surface area contributed by atoms with Crippen molar-refractivity contribution >= 4 is 15.9 Å². The van der Waals surface area contributed by atoms with Crippen molar-refractivity contribution < 1.29 is 5.11 Å². The highest BCUT2D eigenvalue weighted by Crippen LogP contribution is 2.43. The fourth-order valence-electron chi connectivity index (χ4n) is 3.23. The van der Waals surface area contributed by atoms with Crippen molar-refractivity contribution in [2.75, 3.05) is 0 Å². The van der Waals surface area contributed by atoms with Crippen molar-refractivity contribution in [1.82, 2.24) is 0 Å². The normalized spacial score (nSPS) is 26.2. The average molecular weight is 325 g/mol. The lowest BCUT2D eigenvalue weighted by Crippen LogP contribution is -2.28. The molecule has 1 saturated carbocycles. The molecule has 1 aliphatic rings. The van der Waals surface area contributed by atoms with Crippen LogP contribution in [0.1, 0.15) is 58.1 Å². The van der Waals surface area contributed by atoms with E-state index in [9.17, 15) is 5.11 Å². The smallest absolute Gasteiger partial charge is 0.0818 e. The summed E-state index contributed by atoms with van der Waals surface area (Å²) in [4.78, 5) is 0. The number of aliphatic hydroxyl groups is 1. The van der Waals surface area contributed by atoms with E-state index in [4.69, 9.17) is 0 Å². The lowest BCUT2D eigenvalue weighted by molar-refractivity contribution is 0.0528. The molecule has 1 fully saturated rings. The molecule has 106 valence electrons. The molecular weight excluding hydrogens is 300 g/mol. The third-order valence-corrected chi connectivity index (χ3v) is 5.18. The second kappa shape index (κ2) is 5.97. The molecule has 0 bridgehead atoms. The summed E-state index contributed by atoms with van der Waals surface area (Å²) >= 11 is 3.44. The fraction of sp³-hybridized carbons (Fsp3) is 0.647. The van der Waals surface area contributed by atoms with Gasteiger partial charge >= 0.3 is 0 Å². The number of aliphatic hydroxyl groups excluding tert-OH is 1. The first-order valence-electron chi connectivity index (χ1n) is 7.31. The molecule has 2 rings (SSSR count). The van der Waals surface area contributed by atoms with E-state index in [1.165, 1.54) is 12.8 Å². The van der Waals surface area contributed by atoms with Gasteiger partial charge < -0.3 is 5.11 Å². The minimum Gasteiger partial charge on any atom is -0.388 e. The van der Waals surface area contributed by atoms with Gasteiger partial charge in [-0.1, -0.05) is 48.8 Å². The Bertz CT molecular complexity index is 396. The van der Waals surface area contributed by atoms with Crippen LogP contribution in [0.25, 0.3) is 0 Å². The third kappa shape index (κ3) is 3.82. The minimum atomic E-state index is -0.297. The van der Waals surface area contributed by atoms with E-state index in [1.54, 1.807) is 0 Å². The summed E-state index contributed by atoms with van der Waals surface area (Å²) in [6, 6.07) is 8.09. The average Bonchev–Trinajstić information content (AvgIpc) is 2.38. The number of hydrogen-bond acceptors (Lipinski definition) is 1. The van der Waals surface area contributed by atoms with Crippen LogP contribution in [0.5, 0.6) is 0 Å². The van der Waals surface area contributed by atoms with Crippen molar-refractivity contribution in [3.05, 3.63) is 34.3 Å². The first kappa shape index (κ1) is 15.1. The molecule has 0 amide bonds. The van der Waals surface area contributed by atoms with Crippen molar-refractivity contribution in [3.63, 3.8) is 0 Å². The van der Waals surface area contributed by atoms with Gasteiger partial charge in [-0.2, -0.15) is 0 Å². The summed E-state index contributed by atoms with van der Waals surface area (Å²) in [5.74, 6) is 1.24. The van der Waals surface area contributed by atoms with Gasteiger partial charge in [0.05, 0.1) is 6.10 Å². The first-order valence-corrected chi connectivity index (χ1v) is 8.11. The van der Waals surface area contributed by atoms with Crippen molar-refractivity contribution in [3.8, 4) is 0 Å². The lowest BCUT2D eigenvalue weighted by atomic mass is 9.68. The topological polar surface area (TPSA) is 20.2 Å². The Morgan fingerprint density at radius 2 is 1.58 bits per heavy atom. The van der Waals surface area contributed by atoms with Gasteiger partial charge in [0.1, 0.15) is 0 Å². The maximum absolute atomic E-state index is 10.5. The summed E-state index contributed by atoms with van der Waals surface area (Å²) in [6.07, 6.45) is 4.51. The van der Waals surface area contributed by atoms with Crippen LogP contribution in [-0.2, 0) is 0 Å². The Labute approximate surface area is 125 Å². The Morgan fingerprint density at radius 1 is 1.05 bits per heavy atom. The number of halogens is 1. The maximum atomic E-state index is 10.5. The quantitative estimate of drug-likeness (QED) is 0.778. The predicted molar refractivity (Wildman–Crippen MR) is 84.0 cm³/mol. The molecule has 0 spiro atoms. The zero-order chi connectivity index (χ0) is 14.0. The van der Waals surface area contributed by atoms with Crippen molar-refractivity contribution in [1.29, 1.82) is 0 Å². The van der Waals surface area contributed by atoms with Crippen LogP contribution in [0.4, 0.5) is 0 Å². The molecule has 0 aliphatic heterocycles. The second-order valence-electron chi connectivity index (χ2n) is 6.97. The summed E-state index contributed by atoms with van der Waals surface area (Å²) in [5.41, 5.74) is 1.47. The molecule has 1 N–H and O–H groups in total. The summed E-state index contributed by atoms with van der Waals surface area (Å²) in [6.45, 7) is 7.01. The molecule has 0 heterocycles. The Morgan fingerprint density at radius 3 is 2.05 bits per heavy atom. The predicted octanol–water partition coefficient (Wildman–Crippen LogP) is 5.34. The number of hydrogen-bond donors (Lipinski definition) is 1. The van der Waals surface area contributed by atoms with E-state index >= 15 is 0 Å². The third-order valence-electron chi connectivity index (χ3n) is 4.65. The van der Waals surface area contributed by atoms with Gasteiger partial charge in [0.15, 0.2) is 0 Å². The van der Waals surface area contributed by atoms with Gasteiger partial charge in [0.25, 0.3) is 0 Å². The van der Waals surface area contributed by atoms with E-state index in [2.05, 4.69) is 36.7 Å². The minimum absolute atomic E-state index is 0.297. The first-order chi connectivity index (χ1) is 8.88. The van der Waals surface area contributed by atoms with Crippen LogP contribution in [0.15, 0.2) is 28.7 Å². The summed E-state index contributed by atoms with van der Waals surface area (Å²) in [5, 5.41) is 10.5. The summed E-state index contributed by atoms with van der Waals surface area (Å²) in [7, 11) is 0. The standard InChI is InChI=1S/C17H25BrO/c1-17(2,3)14-8-4-12(5-9-14)16(19)13-6-10-15(18)11-7-13/h6-7,10-12,14,16,19H,4-5,8-9H2,1-3H3. The molecule has 1 aromatic carbocycles. The number of rotatable bonds is 2. The van der Waals surface area contributed by atoms with Crippen LogP contribution in [0.2, 0.25) is 0 Å². The Kier molecular flexibility index (Phi) is 4.73. The molecular formula is C17H25BrO. The highest BCUT2D eigenvalue weighted by molar-refractivity contribution is 9.10. The molecule has 0 saturated heterocycles. The van der Waals surface area contributed by atoms with Crippen molar-refractivity contribution in [2.45, 2.75) is 52.6 Å². The maximum Gasteiger partial charge on any atom is 0.0818 e. The van der Waals surface area contributed by atoms with Crippen molar-refractivity contribution in [2.24, 2.45) is 17.3 Å². The van der Waals surface area contributed by atoms with Gasteiger partial charge in [-0.15, -0.1) is 0 Å². The van der Waals surface area contributed by atoms with Crippen LogP contribution in [0, 0.1) is 17.3 Å². The highest BCUT2D eigenvalue weighted by Gasteiger charge is 2.32.